The average molecular weight is 217 g/mol. The van der Waals surface area contributed by atoms with Crippen molar-refractivity contribution in [2.75, 3.05) is 12.8 Å². The third-order valence-electron chi connectivity index (χ3n) is 2.60. The predicted molar refractivity (Wildman–Crippen MR) is 62.9 cm³/mol. The second kappa shape index (κ2) is 4.81. The van der Waals surface area contributed by atoms with Gasteiger partial charge in [-0.15, -0.1) is 0 Å². The zero-order valence-electron chi connectivity index (χ0n) is 9.18. The Kier molecular flexibility index (Phi) is 3.22. The van der Waals surface area contributed by atoms with Gasteiger partial charge in [-0.25, -0.2) is 0 Å². The minimum absolute atomic E-state index is 0.126. The van der Waals surface area contributed by atoms with Crippen LogP contribution in [-0.4, -0.2) is 12.0 Å². The first kappa shape index (κ1) is 10.7. The van der Waals surface area contributed by atoms with Crippen molar-refractivity contribution in [1.29, 1.82) is 0 Å². The van der Waals surface area contributed by atoms with E-state index >= 15 is 0 Å². The summed E-state index contributed by atoms with van der Waals surface area (Å²) in [6, 6.07) is 5.77. The highest BCUT2D eigenvalue weighted by molar-refractivity contribution is 5.44. The van der Waals surface area contributed by atoms with Gasteiger partial charge in [0.15, 0.2) is 0 Å². The number of nitrogen functional groups attached to an aromatic ring is 1. The zero-order chi connectivity index (χ0) is 11.4. The molecule has 0 aliphatic carbocycles. The van der Waals surface area contributed by atoms with Gasteiger partial charge in [0.1, 0.15) is 5.76 Å². The maximum Gasteiger partial charge on any atom is 0.121 e. The van der Waals surface area contributed by atoms with Gasteiger partial charge in [0.25, 0.3) is 0 Å². The molecule has 0 aliphatic heterocycles. The number of nitrogens with zero attached hydrogens (tertiary/aromatic N) is 1. The molecular weight excluding hydrogens is 202 g/mol. The number of hydrogen-bond donors (Lipinski definition) is 2. The van der Waals surface area contributed by atoms with Crippen molar-refractivity contribution in [3.8, 4) is 0 Å². The van der Waals surface area contributed by atoms with Crippen molar-refractivity contribution in [3.05, 3.63) is 48.2 Å². The predicted octanol–water partition coefficient (Wildman–Crippen LogP) is 1.76. The normalized spacial score (nSPS) is 12.6. The van der Waals surface area contributed by atoms with E-state index in [2.05, 4.69) is 10.3 Å². The summed E-state index contributed by atoms with van der Waals surface area (Å²) in [4.78, 5) is 4.08. The molecule has 2 aromatic heterocycles. The topological polar surface area (TPSA) is 64.1 Å². The van der Waals surface area contributed by atoms with E-state index in [0.29, 0.717) is 0 Å². The van der Waals surface area contributed by atoms with E-state index in [0.717, 1.165) is 23.4 Å². The Balaban J connectivity index is 2.17. The Morgan fingerprint density at radius 2 is 2.38 bits per heavy atom. The SMILES string of the molecule is CNC(Cc1cnccc1N)c1ccco1. The number of furan rings is 1. The van der Waals surface area contributed by atoms with Crippen molar-refractivity contribution in [2.24, 2.45) is 0 Å². The minimum Gasteiger partial charge on any atom is -0.468 e. The molecule has 0 aromatic carbocycles. The summed E-state index contributed by atoms with van der Waals surface area (Å²) in [5.74, 6) is 0.908. The maximum atomic E-state index is 5.88. The highest BCUT2D eigenvalue weighted by atomic mass is 16.3. The quantitative estimate of drug-likeness (QED) is 0.819. The molecule has 0 saturated heterocycles. The van der Waals surface area contributed by atoms with Gasteiger partial charge >= 0.3 is 0 Å². The molecule has 4 heteroatoms. The first-order valence-corrected chi connectivity index (χ1v) is 5.20. The summed E-state index contributed by atoms with van der Waals surface area (Å²) in [7, 11) is 1.90. The summed E-state index contributed by atoms with van der Waals surface area (Å²) in [5.41, 5.74) is 7.67. The molecule has 1 atom stereocenters. The van der Waals surface area contributed by atoms with Gasteiger partial charge < -0.3 is 15.5 Å². The van der Waals surface area contributed by atoms with Crippen LogP contribution in [0.2, 0.25) is 0 Å². The van der Waals surface area contributed by atoms with Crippen LogP contribution in [0.25, 0.3) is 0 Å². The number of hydrogen-bond acceptors (Lipinski definition) is 4. The maximum absolute atomic E-state index is 5.88. The molecule has 16 heavy (non-hydrogen) atoms. The van der Waals surface area contributed by atoms with Gasteiger partial charge in [-0.3, -0.25) is 4.98 Å². The highest BCUT2D eigenvalue weighted by Crippen LogP contribution is 2.21. The van der Waals surface area contributed by atoms with Gasteiger partial charge in [-0.05, 0) is 37.2 Å². The van der Waals surface area contributed by atoms with Crippen LogP contribution in [0.1, 0.15) is 17.4 Å². The molecule has 2 heterocycles. The molecule has 1 unspecified atom stereocenters. The van der Waals surface area contributed by atoms with Gasteiger partial charge in [-0.2, -0.15) is 0 Å². The third kappa shape index (κ3) is 2.23. The molecule has 0 radical (unpaired) electrons. The van der Waals surface area contributed by atoms with E-state index in [1.807, 2.05) is 25.2 Å². The molecule has 0 spiro atoms. The van der Waals surface area contributed by atoms with E-state index in [4.69, 9.17) is 10.2 Å². The van der Waals surface area contributed by atoms with E-state index < -0.39 is 0 Å². The van der Waals surface area contributed by atoms with E-state index in [9.17, 15) is 0 Å². The summed E-state index contributed by atoms with van der Waals surface area (Å²) < 4.78 is 5.37. The fourth-order valence-electron chi connectivity index (χ4n) is 1.66. The average Bonchev–Trinajstić information content (AvgIpc) is 2.81. The number of likely N-dealkylation sites (N-methyl/N-ethyl adjacent to an activating group) is 1. The smallest absolute Gasteiger partial charge is 0.121 e. The molecule has 4 nitrogen and oxygen atoms in total. The Bertz CT molecular complexity index is 439. The summed E-state index contributed by atoms with van der Waals surface area (Å²) in [6.45, 7) is 0. The van der Waals surface area contributed by atoms with Crippen molar-refractivity contribution in [2.45, 2.75) is 12.5 Å². The van der Waals surface area contributed by atoms with Crippen LogP contribution in [-0.2, 0) is 6.42 Å². The van der Waals surface area contributed by atoms with Crippen molar-refractivity contribution in [1.82, 2.24) is 10.3 Å². The molecule has 3 N–H and O–H groups in total. The third-order valence-corrected chi connectivity index (χ3v) is 2.60. The second-order valence-electron chi connectivity index (χ2n) is 3.64. The molecule has 2 aromatic rings. The molecule has 0 aliphatic rings. The van der Waals surface area contributed by atoms with Crippen molar-refractivity contribution in [3.63, 3.8) is 0 Å². The molecule has 0 fully saturated rings. The first-order valence-electron chi connectivity index (χ1n) is 5.20. The van der Waals surface area contributed by atoms with Crippen LogP contribution in [0, 0.1) is 0 Å². The molecule has 0 bridgehead atoms. The van der Waals surface area contributed by atoms with Crippen molar-refractivity contribution >= 4 is 5.69 Å². The zero-order valence-corrected chi connectivity index (χ0v) is 9.18. The number of pyridine rings is 1. The lowest BCUT2D eigenvalue weighted by Gasteiger charge is -2.14. The summed E-state index contributed by atoms with van der Waals surface area (Å²) in [6.07, 6.45) is 5.93. The monoisotopic (exact) mass is 217 g/mol. The van der Waals surface area contributed by atoms with E-state index in [-0.39, 0.29) is 6.04 Å². The Hall–Kier alpha value is -1.81. The minimum atomic E-state index is 0.126. The van der Waals surface area contributed by atoms with E-state index in [1.165, 1.54) is 0 Å². The molecule has 0 amide bonds. The fourth-order valence-corrected chi connectivity index (χ4v) is 1.66. The lowest BCUT2D eigenvalue weighted by molar-refractivity contribution is 0.429. The van der Waals surface area contributed by atoms with Gasteiger partial charge in [0, 0.05) is 18.1 Å². The molecule has 2 rings (SSSR count). The highest BCUT2D eigenvalue weighted by Gasteiger charge is 2.14. The van der Waals surface area contributed by atoms with Crippen LogP contribution in [0.3, 0.4) is 0 Å². The number of nitrogens with one attached hydrogen (secondary N) is 1. The van der Waals surface area contributed by atoms with E-state index in [1.54, 1.807) is 18.7 Å². The Labute approximate surface area is 94.5 Å². The lowest BCUT2D eigenvalue weighted by atomic mass is 10.0. The molecular formula is C12H15N3O. The largest absolute Gasteiger partial charge is 0.468 e. The number of anilines is 1. The van der Waals surface area contributed by atoms with Gasteiger partial charge in [0.2, 0.25) is 0 Å². The number of rotatable bonds is 4. The van der Waals surface area contributed by atoms with Crippen LogP contribution in [0.15, 0.2) is 41.3 Å². The number of nitrogens with two attached hydrogens (primary N) is 1. The van der Waals surface area contributed by atoms with Gasteiger partial charge in [-0.1, -0.05) is 0 Å². The van der Waals surface area contributed by atoms with Crippen molar-refractivity contribution < 1.29 is 4.42 Å². The van der Waals surface area contributed by atoms with Crippen LogP contribution < -0.4 is 11.1 Å². The van der Waals surface area contributed by atoms with Crippen LogP contribution >= 0.6 is 0 Å². The van der Waals surface area contributed by atoms with Crippen LogP contribution in [0.4, 0.5) is 5.69 Å². The lowest BCUT2D eigenvalue weighted by Crippen LogP contribution is -2.18. The molecule has 84 valence electrons. The van der Waals surface area contributed by atoms with Crippen LogP contribution in [0.5, 0.6) is 0 Å². The summed E-state index contributed by atoms with van der Waals surface area (Å²) >= 11 is 0. The number of aromatic nitrogens is 1. The summed E-state index contributed by atoms with van der Waals surface area (Å²) in [5, 5.41) is 3.20. The standard InChI is InChI=1S/C12H15N3O/c1-14-11(12-3-2-6-16-12)7-9-8-15-5-4-10(9)13/h2-6,8,11,14H,7H2,1H3,(H2,13,15). The first-order chi connectivity index (χ1) is 7.81. The second-order valence-corrected chi connectivity index (χ2v) is 3.64. The van der Waals surface area contributed by atoms with Gasteiger partial charge in [0.05, 0.1) is 12.3 Å². The Morgan fingerprint density at radius 1 is 1.50 bits per heavy atom. The Morgan fingerprint density at radius 3 is 3.00 bits per heavy atom. The molecule has 0 saturated carbocycles. The fraction of sp³-hybridized carbons (Fsp3) is 0.250.